The van der Waals surface area contributed by atoms with Crippen molar-refractivity contribution in [1.82, 2.24) is 0 Å². The number of carbonyl (C=O) groups excluding carboxylic acids is 1. The summed E-state index contributed by atoms with van der Waals surface area (Å²) >= 11 is 0. The van der Waals surface area contributed by atoms with Crippen molar-refractivity contribution in [1.29, 1.82) is 0 Å². The van der Waals surface area contributed by atoms with Crippen molar-refractivity contribution in [2.24, 2.45) is 0 Å². The van der Waals surface area contributed by atoms with Crippen molar-refractivity contribution in [3.8, 4) is 0 Å². The maximum atomic E-state index is 10.2. The van der Waals surface area contributed by atoms with E-state index in [1.807, 2.05) is 20.8 Å². The molecule has 0 unspecified atom stereocenters. The third-order valence-electron chi connectivity index (χ3n) is 0.450. The Morgan fingerprint density at radius 3 is 1.67 bits per heavy atom. The van der Waals surface area contributed by atoms with E-state index >= 15 is 0 Å². The average Bonchev–Trinajstić information content (AvgIpc) is 1.21. The standard InChI is InChI=1S/C6H12O2.Li.H/c1-5(7)8-6(2,3)4;;/h1-4H3;;. The summed E-state index contributed by atoms with van der Waals surface area (Å²) in [6.45, 7) is 6.93. The summed E-state index contributed by atoms with van der Waals surface area (Å²) in [5, 5.41) is 0. The van der Waals surface area contributed by atoms with E-state index in [9.17, 15) is 4.79 Å². The van der Waals surface area contributed by atoms with Gasteiger partial charge in [0.2, 0.25) is 0 Å². The normalized spacial score (nSPS) is 9.78. The molecular formula is C6H13LiO2. The van der Waals surface area contributed by atoms with Crippen LogP contribution in [0.1, 0.15) is 27.7 Å². The molecule has 3 heteroatoms. The van der Waals surface area contributed by atoms with E-state index in [2.05, 4.69) is 0 Å². The quantitative estimate of drug-likeness (QED) is 0.351. The Hall–Kier alpha value is 0.0674. The minimum absolute atomic E-state index is 0. The molecule has 0 N–H and O–H groups in total. The van der Waals surface area contributed by atoms with Gasteiger partial charge in [-0.2, -0.15) is 0 Å². The van der Waals surface area contributed by atoms with Gasteiger partial charge in [0.1, 0.15) is 5.60 Å². The Bertz CT molecular complexity index is 93.7. The van der Waals surface area contributed by atoms with Crippen molar-refractivity contribution in [2.45, 2.75) is 33.3 Å². The fourth-order valence-corrected chi connectivity index (χ4v) is 0.431. The summed E-state index contributed by atoms with van der Waals surface area (Å²) in [6, 6.07) is 0. The molecule has 0 aliphatic carbocycles. The second-order valence-electron chi connectivity index (χ2n) is 2.71. The van der Waals surface area contributed by atoms with Crippen LogP contribution < -0.4 is 0 Å². The van der Waals surface area contributed by atoms with E-state index in [-0.39, 0.29) is 30.4 Å². The van der Waals surface area contributed by atoms with E-state index in [0.717, 1.165) is 0 Å². The van der Waals surface area contributed by atoms with Crippen molar-refractivity contribution in [3.05, 3.63) is 0 Å². The molecule has 0 heterocycles. The zero-order valence-electron chi connectivity index (χ0n) is 5.82. The zero-order chi connectivity index (χ0) is 6.78. The van der Waals surface area contributed by atoms with Crippen LogP contribution >= 0.6 is 0 Å². The summed E-state index contributed by atoms with van der Waals surface area (Å²) in [6.07, 6.45) is 0. The molecule has 0 aromatic heterocycles. The van der Waals surface area contributed by atoms with Gasteiger partial charge in [0.05, 0.1) is 0 Å². The summed E-state index contributed by atoms with van der Waals surface area (Å²) in [5.41, 5.74) is -0.328. The van der Waals surface area contributed by atoms with Gasteiger partial charge < -0.3 is 4.74 Å². The van der Waals surface area contributed by atoms with Crippen LogP contribution in [0.5, 0.6) is 0 Å². The molecule has 0 saturated heterocycles. The van der Waals surface area contributed by atoms with E-state index in [4.69, 9.17) is 4.74 Å². The molecule has 0 fully saturated rings. The van der Waals surface area contributed by atoms with Gasteiger partial charge in [0.15, 0.2) is 0 Å². The predicted octanol–water partition coefficient (Wildman–Crippen LogP) is 0.700. The molecule has 0 aliphatic heterocycles. The first kappa shape index (κ1) is 11.8. The molecular weight excluding hydrogens is 111 g/mol. The Balaban J connectivity index is 0. The molecule has 0 spiro atoms. The topological polar surface area (TPSA) is 26.3 Å². The van der Waals surface area contributed by atoms with Gasteiger partial charge in [0.25, 0.3) is 0 Å². The monoisotopic (exact) mass is 124 g/mol. The van der Waals surface area contributed by atoms with Crippen LogP contribution in [-0.4, -0.2) is 30.4 Å². The van der Waals surface area contributed by atoms with Gasteiger partial charge in [-0.15, -0.1) is 0 Å². The molecule has 0 bridgehead atoms. The molecule has 0 saturated carbocycles. The number of carbonyl (C=O) groups is 1. The first-order valence-electron chi connectivity index (χ1n) is 2.61. The van der Waals surface area contributed by atoms with E-state index in [1.165, 1.54) is 6.92 Å². The number of esters is 1. The molecule has 0 rings (SSSR count). The fraction of sp³-hybridized carbons (Fsp3) is 0.833. The molecule has 50 valence electrons. The van der Waals surface area contributed by atoms with Crippen LogP contribution in [0, 0.1) is 0 Å². The van der Waals surface area contributed by atoms with E-state index in [1.54, 1.807) is 0 Å². The number of hydrogen-bond acceptors (Lipinski definition) is 2. The Morgan fingerprint density at radius 1 is 1.33 bits per heavy atom. The molecule has 9 heavy (non-hydrogen) atoms. The van der Waals surface area contributed by atoms with Crippen LogP contribution in [0.3, 0.4) is 0 Å². The second kappa shape index (κ2) is 3.98. The Kier molecular flexibility index (Phi) is 5.22. The summed E-state index contributed by atoms with van der Waals surface area (Å²) in [4.78, 5) is 10.2. The van der Waals surface area contributed by atoms with Crippen LogP contribution in [0.25, 0.3) is 0 Å². The summed E-state index contributed by atoms with van der Waals surface area (Å²) in [5.74, 6) is -0.225. The predicted molar refractivity (Wildman–Crippen MR) is 38.7 cm³/mol. The van der Waals surface area contributed by atoms with Gasteiger partial charge in [0, 0.05) is 6.92 Å². The first-order valence-corrected chi connectivity index (χ1v) is 2.61. The van der Waals surface area contributed by atoms with Gasteiger partial charge in [-0.1, -0.05) is 0 Å². The van der Waals surface area contributed by atoms with Crippen LogP contribution in [0.4, 0.5) is 0 Å². The van der Waals surface area contributed by atoms with E-state index in [0.29, 0.717) is 0 Å². The van der Waals surface area contributed by atoms with Gasteiger partial charge in [-0.05, 0) is 20.8 Å². The van der Waals surface area contributed by atoms with Crippen molar-refractivity contribution in [3.63, 3.8) is 0 Å². The molecule has 2 nitrogen and oxygen atoms in total. The molecule has 0 aromatic rings. The first-order chi connectivity index (χ1) is 3.42. The Morgan fingerprint density at radius 2 is 1.67 bits per heavy atom. The van der Waals surface area contributed by atoms with Gasteiger partial charge in [-0.3, -0.25) is 4.79 Å². The number of rotatable bonds is 0. The van der Waals surface area contributed by atoms with Crippen LogP contribution in [-0.2, 0) is 9.53 Å². The van der Waals surface area contributed by atoms with E-state index < -0.39 is 0 Å². The zero-order valence-corrected chi connectivity index (χ0v) is 5.82. The molecule has 0 atom stereocenters. The second-order valence-corrected chi connectivity index (χ2v) is 2.71. The van der Waals surface area contributed by atoms with Gasteiger partial charge >= 0.3 is 24.8 Å². The minimum atomic E-state index is -0.328. The SMILES string of the molecule is CC(=O)OC(C)(C)C.[LiH]. The molecule has 0 radical (unpaired) electrons. The van der Waals surface area contributed by atoms with Crippen LogP contribution in [0.2, 0.25) is 0 Å². The average molecular weight is 124 g/mol. The summed E-state index contributed by atoms with van der Waals surface area (Å²) < 4.78 is 4.80. The third-order valence-corrected chi connectivity index (χ3v) is 0.450. The van der Waals surface area contributed by atoms with Crippen molar-refractivity contribution >= 4 is 24.8 Å². The van der Waals surface area contributed by atoms with Crippen molar-refractivity contribution in [2.75, 3.05) is 0 Å². The van der Waals surface area contributed by atoms with Gasteiger partial charge in [-0.25, -0.2) is 0 Å². The third kappa shape index (κ3) is 11.6. The van der Waals surface area contributed by atoms with Crippen LogP contribution in [0.15, 0.2) is 0 Å². The van der Waals surface area contributed by atoms with Crippen molar-refractivity contribution < 1.29 is 9.53 Å². The Labute approximate surface area is 68.1 Å². The molecule has 0 aromatic carbocycles. The molecule has 0 amide bonds. The number of ether oxygens (including phenoxy) is 1. The molecule has 0 aliphatic rings. The summed E-state index contributed by atoms with van der Waals surface area (Å²) in [7, 11) is 0. The number of hydrogen-bond donors (Lipinski definition) is 0. The fourth-order valence-electron chi connectivity index (χ4n) is 0.431. The maximum absolute atomic E-state index is 10.2.